The smallest absolute Gasteiger partial charge is 0.137 e. The predicted octanol–water partition coefficient (Wildman–Crippen LogP) is 9.18. The van der Waals surface area contributed by atoms with Crippen molar-refractivity contribution in [2.24, 2.45) is 5.92 Å². The lowest BCUT2D eigenvalue weighted by Gasteiger charge is -2.15. The first-order valence-corrected chi connectivity index (χ1v) is 17.5. The summed E-state index contributed by atoms with van der Waals surface area (Å²) >= 11 is 6.00. The van der Waals surface area contributed by atoms with Gasteiger partial charge in [0.05, 0.1) is 44.5 Å². The second-order valence-electron chi connectivity index (χ2n) is 12.0. The molecule has 240 valence electrons. The average molecular weight is 668 g/mol. The van der Waals surface area contributed by atoms with Gasteiger partial charge in [-0.05, 0) is 66.8 Å². The maximum atomic E-state index is 10.7. The van der Waals surface area contributed by atoms with Crippen molar-refractivity contribution in [1.29, 1.82) is 10.5 Å². The maximum absolute atomic E-state index is 10.7. The zero-order chi connectivity index (χ0) is 33.8. The largest absolute Gasteiger partial charge is 0.493 e. The Morgan fingerprint density at radius 1 is 0.938 bits per heavy atom. The molecular formula is C40H37N5OS2. The SMILES string of the molecule is C=C(S)/C(C#N)=c1\[nH]c(-c2ccc(OCC(CC)CCCC)cc2)c2/c(=C(\C#N)c3nc4ccccc4s3)[nH]c(-c3ccccc3C)c12. The van der Waals surface area contributed by atoms with Crippen molar-refractivity contribution >= 4 is 56.1 Å². The van der Waals surface area contributed by atoms with Gasteiger partial charge in [0.1, 0.15) is 28.5 Å². The molecule has 0 aliphatic heterocycles. The molecule has 6 rings (SSSR count). The van der Waals surface area contributed by atoms with Gasteiger partial charge in [0.15, 0.2) is 0 Å². The van der Waals surface area contributed by atoms with Crippen molar-refractivity contribution in [2.45, 2.75) is 46.5 Å². The van der Waals surface area contributed by atoms with E-state index in [1.54, 1.807) is 0 Å². The van der Waals surface area contributed by atoms with Gasteiger partial charge in [0, 0.05) is 21.2 Å². The number of benzene rings is 3. The minimum atomic E-state index is 0.325. The fraction of sp³-hybridized carbons (Fsp3) is 0.225. The van der Waals surface area contributed by atoms with Gasteiger partial charge in [-0.25, -0.2) is 4.98 Å². The minimum absolute atomic E-state index is 0.325. The van der Waals surface area contributed by atoms with E-state index >= 15 is 0 Å². The van der Waals surface area contributed by atoms with E-state index in [1.165, 1.54) is 24.2 Å². The second-order valence-corrected chi connectivity index (χ2v) is 13.5. The van der Waals surface area contributed by atoms with E-state index in [0.29, 0.717) is 44.3 Å². The van der Waals surface area contributed by atoms with E-state index in [2.05, 4.69) is 55.2 Å². The molecule has 1 atom stereocenters. The molecule has 0 aliphatic rings. The Morgan fingerprint density at radius 2 is 1.65 bits per heavy atom. The Labute approximate surface area is 290 Å². The third kappa shape index (κ3) is 6.30. The molecular weight excluding hydrogens is 631 g/mol. The predicted molar refractivity (Wildman–Crippen MR) is 201 cm³/mol. The van der Waals surface area contributed by atoms with Crippen molar-refractivity contribution in [3.8, 4) is 40.4 Å². The van der Waals surface area contributed by atoms with Gasteiger partial charge >= 0.3 is 0 Å². The first-order chi connectivity index (χ1) is 23.4. The van der Waals surface area contributed by atoms with E-state index in [4.69, 9.17) is 9.72 Å². The molecule has 0 saturated heterocycles. The van der Waals surface area contributed by atoms with Crippen LogP contribution in [0.15, 0.2) is 84.3 Å². The van der Waals surface area contributed by atoms with Gasteiger partial charge in [-0.2, -0.15) is 10.5 Å². The molecule has 0 bridgehead atoms. The highest BCUT2D eigenvalue weighted by Gasteiger charge is 2.23. The van der Waals surface area contributed by atoms with Gasteiger partial charge in [-0.15, -0.1) is 24.0 Å². The second kappa shape index (κ2) is 14.4. The van der Waals surface area contributed by atoms with Crippen LogP contribution < -0.4 is 15.4 Å². The van der Waals surface area contributed by atoms with Crippen LogP contribution in [0.5, 0.6) is 5.75 Å². The highest BCUT2D eigenvalue weighted by molar-refractivity contribution is 7.85. The van der Waals surface area contributed by atoms with E-state index in [0.717, 1.165) is 67.7 Å². The van der Waals surface area contributed by atoms with E-state index in [9.17, 15) is 10.5 Å². The number of H-pyrrole nitrogens is 2. The summed E-state index contributed by atoms with van der Waals surface area (Å²) in [6.45, 7) is 11.2. The number of thiazole rings is 1. The van der Waals surface area contributed by atoms with Crippen LogP contribution in [-0.4, -0.2) is 21.6 Å². The monoisotopic (exact) mass is 667 g/mol. The number of rotatable bonds is 11. The number of hydrogen-bond acceptors (Lipinski definition) is 6. The number of aromatic nitrogens is 3. The van der Waals surface area contributed by atoms with Crippen LogP contribution in [0.4, 0.5) is 0 Å². The lowest BCUT2D eigenvalue weighted by molar-refractivity contribution is 0.233. The highest BCUT2D eigenvalue weighted by Crippen LogP contribution is 2.35. The van der Waals surface area contributed by atoms with Crippen LogP contribution in [0.2, 0.25) is 0 Å². The number of ether oxygens (including phenoxy) is 1. The van der Waals surface area contributed by atoms with Crippen LogP contribution >= 0.6 is 24.0 Å². The molecule has 8 heteroatoms. The number of para-hydroxylation sites is 1. The molecule has 0 fully saturated rings. The van der Waals surface area contributed by atoms with E-state index in [1.807, 2.05) is 79.7 Å². The molecule has 3 aromatic heterocycles. The Kier molecular flexibility index (Phi) is 9.87. The van der Waals surface area contributed by atoms with Gasteiger partial charge in [0.2, 0.25) is 0 Å². The Hall–Kier alpha value is -5.02. The van der Waals surface area contributed by atoms with Crippen LogP contribution in [0.1, 0.15) is 50.1 Å². The van der Waals surface area contributed by atoms with Crippen molar-refractivity contribution in [3.63, 3.8) is 0 Å². The lowest BCUT2D eigenvalue weighted by Crippen LogP contribution is -2.11. The number of nitrogens with one attached hydrogen (secondary N) is 2. The Balaban J connectivity index is 1.64. The summed E-state index contributed by atoms with van der Waals surface area (Å²) in [7, 11) is 0. The van der Waals surface area contributed by atoms with Gasteiger partial charge in [-0.1, -0.05) is 76.1 Å². The molecule has 1 unspecified atom stereocenters. The molecule has 3 aromatic carbocycles. The summed E-state index contributed by atoms with van der Waals surface area (Å²) in [4.78, 5) is 12.4. The molecule has 2 N–H and O–H groups in total. The first kappa shape index (κ1) is 32.9. The van der Waals surface area contributed by atoms with Crippen LogP contribution in [0.3, 0.4) is 0 Å². The number of nitrogens with zero attached hydrogens (tertiary/aromatic N) is 3. The Morgan fingerprint density at radius 3 is 2.31 bits per heavy atom. The quantitative estimate of drug-likeness (QED) is 0.120. The normalized spacial score (nSPS) is 13.2. The summed E-state index contributed by atoms with van der Waals surface area (Å²) in [5.74, 6) is 1.33. The first-order valence-electron chi connectivity index (χ1n) is 16.2. The fourth-order valence-corrected chi connectivity index (χ4v) is 7.31. The molecule has 48 heavy (non-hydrogen) atoms. The maximum Gasteiger partial charge on any atom is 0.137 e. The number of hydrogen-bond donors (Lipinski definition) is 3. The topological polar surface area (TPSA) is 101 Å². The van der Waals surface area contributed by atoms with E-state index in [-0.39, 0.29) is 0 Å². The summed E-state index contributed by atoms with van der Waals surface area (Å²) in [5, 5.41) is 24.5. The van der Waals surface area contributed by atoms with Crippen LogP contribution in [-0.2, 0) is 0 Å². The summed E-state index contributed by atoms with van der Waals surface area (Å²) in [5.41, 5.74) is 6.04. The highest BCUT2D eigenvalue weighted by atomic mass is 32.1. The molecule has 0 saturated carbocycles. The number of nitriles is 2. The molecule has 0 aliphatic carbocycles. The number of allylic oxidation sites excluding steroid dienone is 1. The third-order valence-electron chi connectivity index (χ3n) is 8.86. The van der Waals surface area contributed by atoms with E-state index < -0.39 is 0 Å². The summed E-state index contributed by atoms with van der Waals surface area (Å²) < 4.78 is 7.23. The van der Waals surface area contributed by atoms with Crippen LogP contribution in [0.25, 0.3) is 54.7 Å². The standard InChI is InChI=1S/C40H37N5OS2/c1-5-7-13-26(6-2)23-46-28-19-17-27(18-20-28)36-34-35(38(44-36)30(21-41)25(4)47)37(29-14-9-8-12-24(29)3)45-39(34)31(22-42)40-43-32-15-10-11-16-33(32)48-40/h8-12,14-20,26,44-45,47H,4-7,13,23H2,1-3H3/b38-30-,39-31-. The van der Waals surface area contributed by atoms with Gasteiger partial charge in [0.25, 0.3) is 0 Å². The molecule has 0 amide bonds. The molecule has 6 aromatic rings. The van der Waals surface area contributed by atoms with Crippen LogP contribution in [0, 0.1) is 35.5 Å². The third-order valence-corrected chi connectivity index (χ3v) is 10.1. The number of thiol groups is 1. The minimum Gasteiger partial charge on any atom is -0.493 e. The zero-order valence-corrected chi connectivity index (χ0v) is 29.1. The van der Waals surface area contributed by atoms with Gasteiger partial charge in [-0.3, -0.25) is 0 Å². The molecule has 6 nitrogen and oxygen atoms in total. The number of unbranched alkanes of at least 4 members (excludes halogenated alkanes) is 1. The summed E-state index contributed by atoms with van der Waals surface area (Å²) in [6.07, 6.45) is 4.63. The molecule has 0 spiro atoms. The Bertz CT molecular complexity index is 2310. The summed E-state index contributed by atoms with van der Waals surface area (Å²) in [6, 6.07) is 28.8. The van der Waals surface area contributed by atoms with Crippen molar-refractivity contribution in [1.82, 2.24) is 15.0 Å². The van der Waals surface area contributed by atoms with Crippen molar-refractivity contribution in [3.05, 3.63) is 106 Å². The van der Waals surface area contributed by atoms with Crippen molar-refractivity contribution in [2.75, 3.05) is 6.61 Å². The number of aryl methyl sites for hydroxylation is 1. The average Bonchev–Trinajstić information content (AvgIpc) is 3.80. The molecule has 3 heterocycles. The van der Waals surface area contributed by atoms with Gasteiger partial charge < -0.3 is 14.7 Å². The van der Waals surface area contributed by atoms with Crippen molar-refractivity contribution < 1.29 is 4.74 Å². The number of fused-ring (bicyclic) bond motifs is 2. The lowest BCUT2D eigenvalue weighted by atomic mass is 10.0. The zero-order valence-electron chi connectivity index (χ0n) is 27.4. The number of aromatic amines is 2. The fourth-order valence-electron chi connectivity index (χ4n) is 6.18. The molecule has 0 radical (unpaired) electrons.